The zero-order chi connectivity index (χ0) is 9.40. The maximum Gasteiger partial charge on any atom is 0.322 e. The third-order valence-corrected chi connectivity index (χ3v) is 2.23. The summed E-state index contributed by atoms with van der Waals surface area (Å²) in [6.07, 6.45) is 3.16. The Labute approximate surface area is 78.2 Å². The summed E-state index contributed by atoms with van der Waals surface area (Å²) >= 11 is 1.81. The topological polar surface area (TPSA) is 38.3 Å². The van der Waals surface area contributed by atoms with E-state index in [4.69, 9.17) is 0 Å². The molecule has 0 fully saturated rings. The van der Waals surface area contributed by atoms with Crippen LogP contribution in [-0.4, -0.2) is 37.7 Å². The van der Waals surface area contributed by atoms with Crippen molar-refractivity contribution in [3.63, 3.8) is 0 Å². The molecule has 0 aromatic rings. The van der Waals surface area contributed by atoms with Crippen LogP contribution in [0.4, 0.5) is 0 Å². The Morgan fingerprint density at radius 3 is 2.83 bits per heavy atom. The van der Waals surface area contributed by atoms with E-state index in [1.165, 1.54) is 7.11 Å². The first kappa shape index (κ1) is 11.8. The van der Waals surface area contributed by atoms with Gasteiger partial charge >= 0.3 is 5.97 Å². The van der Waals surface area contributed by atoms with Gasteiger partial charge in [0.15, 0.2) is 0 Å². The molecular weight excluding hydrogens is 174 g/mol. The lowest BCUT2D eigenvalue weighted by molar-refractivity contribution is -0.142. The van der Waals surface area contributed by atoms with Gasteiger partial charge in [-0.15, -0.1) is 0 Å². The van der Waals surface area contributed by atoms with Gasteiger partial charge in [-0.25, -0.2) is 0 Å². The molecule has 0 spiro atoms. The predicted molar refractivity (Wildman–Crippen MR) is 52.5 cm³/mol. The first-order valence-corrected chi connectivity index (χ1v) is 5.42. The summed E-state index contributed by atoms with van der Waals surface area (Å²) in [6, 6.07) is -0.183. The van der Waals surface area contributed by atoms with Crippen molar-refractivity contribution < 1.29 is 9.53 Å². The molecule has 0 aromatic carbocycles. The first-order chi connectivity index (χ1) is 5.72. The van der Waals surface area contributed by atoms with E-state index in [2.05, 4.69) is 16.3 Å². The SMILES string of the molecule is COC(=O)[C@H](C)NCCCSC. The standard InChI is InChI=1S/C8H17NO2S/c1-7(8(10)11-2)9-5-4-6-12-3/h7,9H,4-6H2,1-3H3/t7-/m0/s1. The molecule has 0 saturated carbocycles. The van der Waals surface area contributed by atoms with Crippen LogP contribution in [0.15, 0.2) is 0 Å². The Bertz CT molecular complexity index is 130. The molecule has 12 heavy (non-hydrogen) atoms. The number of hydrogen-bond acceptors (Lipinski definition) is 4. The number of methoxy groups -OCH3 is 1. The van der Waals surface area contributed by atoms with Crippen LogP contribution in [-0.2, 0) is 9.53 Å². The summed E-state index contributed by atoms with van der Waals surface area (Å²) in [5.41, 5.74) is 0. The number of esters is 1. The Morgan fingerprint density at radius 1 is 1.67 bits per heavy atom. The maximum atomic E-state index is 10.9. The van der Waals surface area contributed by atoms with E-state index in [9.17, 15) is 4.79 Å². The van der Waals surface area contributed by atoms with Crippen LogP contribution in [0.2, 0.25) is 0 Å². The summed E-state index contributed by atoms with van der Waals surface area (Å²) in [5.74, 6) is 0.931. The Kier molecular flexibility index (Phi) is 7.29. The van der Waals surface area contributed by atoms with Gasteiger partial charge in [-0.05, 0) is 31.9 Å². The van der Waals surface area contributed by atoms with Crippen molar-refractivity contribution in [1.82, 2.24) is 5.32 Å². The van der Waals surface area contributed by atoms with Crippen LogP contribution >= 0.6 is 11.8 Å². The zero-order valence-electron chi connectivity index (χ0n) is 7.92. The quantitative estimate of drug-likeness (QED) is 0.500. The van der Waals surface area contributed by atoms with Crippen molar-refractivity contribution in [3.05, 3.63) is 0 Å². The largest absolute Gasteiger partial charge is 0.468 e. The van der Waals surface area contributed by atoms with E-state index in [-0.39, 0.29) is 12.0 Å². The second-order valence-electron chi connectivity index (χ2n) is 2.55. The Morgan fingerprint density at radius 2 is 2.33 bits per heavy atom. The summed E-state index contributed by atoms with van der Waals surface area (Å²) in [6.45, 7) is 2.68. The normalized spacial score (nSPS) is 12.6. The van der Waals surface area contributed by atoms with E-state index < -0.39 is 0 Å². The van der Waals surface area contributed by atoms with Crippen molar-refractivity contribution in [3.8, 4) is 0 Å². The molecule has 0 aliphatic heterocycles. The van der Waals surface area contributed by atoms with Crippen molar-refractivity contribution in [2.45, 2.75) is 19.4 Å². The minimum atomic E-state index is -0.195. The highest BCUT2D eigenvalue weighted by Crippen LogP contribution is 1.94. The highest BCUT2D eigenvalue weighted by atomic mass is 32.2. The highest BCUT2D eigenvalue weighted by molar-refractivity contribution is 7.98. The fourth-order valence-electron chi connectivity index (χ4n) is 0.795. The molecule has 0 aliphatic rings. The molecule has 3 nitrogen and oxygen atoms in total. The summed E-state index contributed by atoms with van der Waals surface area (Å²) in [5, 5.41) is 3.08. The zero-order valence-corrected chi connectivity index (χ0v) is 8.74. The minimum absolute atomic E-state index is 0.183. The molecule has 0 saturated heterocycles. The van der Waals surface area contributed by atoms with Gasteiger partial charge in [0.1, 0.15) is 6.04 Å². The Hall–Kier alpha value is -0.220. The van der Waals surface area contributed by atoms with E-state index in [1.54, 1.807) is 0 Å². The molecule has 1 N–H and O–H groups in total. The van der Waals surface area contributed by atoms with Gasteiger partial charge in [0.2, 0.25) is 0 Å². The molecule has 0 aliphatic carbocycles. The van der Waals surface area contributed by atoms with Crippen molar-refractivity contribution in [2.75, 3.05) is 25.7 Å². The second-order valence-corrected chi connectivity index (χ2v) is 3.53. The van der Waals surface area contributed by atoms with E-state index >= 15 is 0 Å². The van der Waals surface area contributed by atoms with Crippen molar-refractivity contribution in [1.29, 1.82) is 0 Å². The summed E-state index contributed by atoms with van der Waals surface area (Å²) < 4.78 is 4.56. The summed E-state index contributed by atoms with van der Waals surface area (Å²) in [4.78, 5) is 10.9. The fraction of sp³-hybridized carbons (Fsp3) is 0.875. The molecule has 0 rings (SSSR count). The lowest BCUT2D eigenvalue weighted by atomic mass is 10.3. The number of rotatable bonds is 6. The number of ether oxygens (including phenoxy) is 1. The van der Waals surface area contributed by atoms with Gasteiger partial charge < -0.3 is 10.1 Å². The average molecular weight is 191 g/mol. The molecule has 0 radical (unpaired) electrons. The van der Waals surface area contributed by atoms with Crippen molar-refractivity contribution in [2.24, 2.45) is 0 Å². The maximum absolute atomic E-state index is 10.9. The number of carbonyl (C=O) groups is 1. The van der Waals surface area contributed by atoms with E-state index in [1.807, 2.05) is 18.7 Å². The number of thioether (sulfide) groups is 1. The van der Waals surface area contributed by atoms with Crippen molar-refractivity contribution >= 4 is 17.7 Å². The number of nitrogens with one attached hydrogen (secondary N) is 1. The molecule has 72 valence electrons. The highest BCUT2D eigenvalue weighted by Gasteiger charge is 2.10. The van der Waals surface area contributed by atoms with Gasteiger partial charge in [0.25, 0.3) is 0 Å². The van der Waals surface area contributed by atoms with Crippen LogP contribution in [0.25, 0.3) is 0 Å². The average Bonchev–Trinajstić information content (AvgIpc) is 2.10. The fourth-order valence-corrected chi connectivity index (χ4v) is 1.23. The molecular formula is C8H17NO2S. The predicted octanol–water partition coefficient (Wildman–Crippen LogP) is 0.891. The van der Waals surface area contributed by atoms with Crippen LogP contribution in [0, 0.1) is 0 Å². The van der Waals surface area contributed by atoms with Gasteiger partial charge in [-0.3, -0.25) is 4.79 Å². The molecule has 0 heterocycles. The summed E-state index contributed by atoms with van der Waals surface area (Å²) in [7, 11) is 1.41. The third kappa shape index (κ3) is 5.43. The van der Waals surface area contributed by atoms with Crippen LogP contribution in [0.5, 0.6) is 0 Å². The molecule has 4 heteroatoms. The van der Waals surface area contributed by atoms with E-state index in [0.29, 0.717) is 0 Å². The van der Waals surface area contributed by atoms with Gasteiger partial charge in [-0.2, -0.15) is 11.8 Å². The lowest BCUT2D eigenvalue weighted by Crippen LogP contribution is -2.35. The Balaban J connectivity index is 3.31. The number of carbonyl (C=O) groups excluding carboxylic acids is 1. The molecule has 0 aromatic heterocycles. The molecule has 0 unspecified atom stereocenters. The first-order valence-electron chi connectivity index (χ1n) is 4.02. The molecule has 1 atom stereocenters. The molecule has 0 amide bonds. The minimum Gasteiger partial charge on any atom is -0.468 e. The van der Waals surface area contributed by atoms with Gasteiger partial charge in [0.05, 0.1) is 7.11 Å². The monoisotopic (exact) mass is 191 g/mol. The smallest absolute Gasteiger partial charge is 0.322 e. The lowest BCUT2D eigenvalue weighted by Gasteiger charge is -2.10. The third-order valence-electron chi connectivity index (χ3n) is 1.53. The van der Waals surface area contributed by atoms with Crippen LogP contribution in [0.3, 0.4) is 0 Å². The number of hydrogen-bond donors (Lipinski definition) is 1. The van der Waals surface area contributed by atoms with Crippen LogP contribution < -0.4 is 5.32 Å². The second kappa shape index (κ2) is 7.43. The van der Waals surface area contributed by atoms with Gasteiger partial charge in [-0.1, -0.05) is 0 Å². The van der Waals surface area contributed by atoms with Gasteiger partial charge in [0, 0.05) is 0 Å². The van der Waals surface area contributed by atoms with E-state index in [0.717, 1.165) is 18.7 Å². The van der Waals surface area contributed by atoms with Crippen LogP contribution in [0.1, 0.15) is 13.3 Å². The molecule has 0 bridgehead atoms.